The molecule has 2 heterocycles. The molecule has 200 valence electrons. The van der Waals surface area contributed by atoms with Gasteiger partial charge in [-0.25, -0.2) is 0 Å². The van der Waals surface area contributed by atoms with Crippen molar-refractivity contribution in [3.63, 3.8) is 0 Å². The number of aromatic nitrogens is 2. The molecule has 0 aliphatic rings. The van der Waals surface area contributed by atoms with Crippen LogP contribution >= 0.6 is 0 Å². The quantitative estimate of drug-likeness (QED) is 0.206. The van der Waals surface area contributed by atoms with E-state index >= 15 is 0 Å². The van der Waals surface area contributed by atoms with Gasteiger partial charge in [-0.1, -0.05) is 115 Å². The zero-order valence-electron chi connectivity index (χ0n) is 23.2. The van der Waals surface area contributed by atoms with E-state index in [4.69, 9.17) is 9.40 Å². The molecule has 3 heteroatoms. The van der Waals surface area contributed by atoms with Gasteiger partial charge in [0.05, 0.1) is 11.0 Å². The highest BCUT2D eigenvalue weighted by molar-refractivity contribution is 6.23. The van der Waals surface area contributed by atoms with Gasteiger partial charge >= 0.3 is 0 Å². The Kier molecular flexibility index (Phi) is 5.20. The summed E-state index contributed by atoms with van der Waals surface area (Å²) in [7, 11) is 0. The average molecular weight is 549 g/mol. The van der Waals surface area contributed by atoms with Crippen molar-refractivity contribution in [2.24, 2.45) is 0 Å². The van der Waals surface area contributed by atoms with E-state index in [2.05, 4.69) is 126 Å². The molecular formula is C40H24N2O. The van der Waals surface area contributed by atoms with E-state index in [0.717, 1.165) is 54.9 Å². The van der Waals surface area contributed by atoms with Crippen LogP contribution in [0.1, 0.15) is 0 Å². The normalized spacial score (nSPS) is 11.7. The van der Waals surface area contributed by atoms with Crippen LogP contribution < -0.4 is 0 Å². The molecule has 9 aromatic rings. The highest BCUT2D eigenvalue weighted by Gasteiger charge is 2.14. The first-order chi connectivity index (χ1) is 21.3. The Morgan fingerprint density at radius 3 is 1.74 bits per heavy atom. The predicted octanol–water partition coefficient (Wildman–Crippen LogP) is 10.8. The first kappa shape index (κ1) is 23.9. The van der Waals surface area contributed by atoms with E-state index in [0.29, 0.717) is 0 Å². The molecule has 0 aliphatic heterocycles. The van der Waals surface area contributed by atoms with E-state index in [9.17, 15) is 0 Å². The molecular weight excluding hydrogens is 524 g/mol. The maximum absolute atomic E-state index is 6.32. The minimum atomic E-state index is 0.916. The highest BCUT2D eigenvalue weighted by Crippen LogP contribution is 2.38. The fraction of sp³-hybridized carbons (Fsp3) is 0. The van der Waals surface area contributed by atoms with Crippen molar-refractivity contribution in [1.82, 2.24) is 9.97 Å². The molecule has 0 radical (unpaired) electrons. The zero-order valence-corrected chi connectivity index (χ0v) is 23.2. The average Bonchev–Trinajstić information content (AvgIpc) is 3.47. The molecule has 0 amide bonds. The number of rotatable bonds is 3. The molecule has 0 atom stereocenters. The Balaban J connectivity index is 1.11. The molecule has 0 aliphatic carbocycles. The fourth-order valence-electron chi connectivity index (χ4n) is 6.51. The van der Waals surface area contributed by atoms with Crippen molar-refractivity contribution in [3.05, 3.63) is 146 Å². The molecule has 7 aromatic carbocycles. The molecule has 0 bridgehead atoms. The lowest BCUT2D eigenvalue weighted by molar-refractivity contribution is 0.670. The molecule has 9 rings (SSSR count). The molecule has 43 heavy (non-hydrogen) atoms. The Labute approximate surface area is 247 Å². The van der Waals surface area contributed by atoms with E-state index in [-0.39, 0.29) is 0 Å². The summed E-state index contributed by atoms with van der Waals surface area (Å²) in [5.41, 5.74) is 10.7. The van der Waals surface area contributed by atoms with E-state index in [1.807, 2.05) is 12.1 Å². The van der Waals surface area contributed by atoms with Crippen LogP contribution in [0.2, 0.25) is 0 Å². The Hall–Kier alpha value is -5.80. The van der Waals surface area contributed by atoms with Gasteiger partial charge in [0.25, 0.3) is 0 Å². The highest BCUT2D eigenvalue weighted by atomic mass is 16.3. The van der Waals surface area contributed by atoms with Gasteiger partial charge in [0, 0.05) is 39.5 Å². The number of furan rings is 1. The minimum Gasteiger partial charge on any atom is -0.455 e. The van der Waals surface area contributed by atoms with Gasteiger partial charge in [-0.15, -0.1) is 0 Å². The Bertz CT molecular complexity index is 2470. The van der Waals surface area contributed by atoms with Gasteiger partial charge in [-0.3, -0.25) is 9.97 Å². The van der Waals surface area contributed by atoms with Gasteiger partial charge in [0.15, 0.2) is 0 Å². The Morgan fingerprint density at radius 2 is 0.953 bits per heavy atom. The molecule has 0 unspecified atom stereocenters. The zero-order chi connectivity index (χ0) is 28.3. The van der Waals surface area contributed by atoms with Crippen molar-refractivity contribution in [3.8, 4) is 33.4 Å². The summed E-state index contributed by atoms with van der Waals surface area (Å²) in [6.45, 7) is 0. The summed E-state index contributed by atoms with van der Waals surface area (Å²) >= 11 is 0. The molecule has 0 fully saturated rings. The Morgan fingerprint density at radius 1 is 0.372 bits per heavy atom. The van der Waals surface area contributed by atoms with Gasteiger partial charge in [-0.05, 0) is 56.8 Å². The van der Waals surface area contributed by atoms with Crippen molar-refractivity contribution < 1.29 is 4.42 Å². The first-order valence-corrected chi connectivity index (χ1v) is 14.5. The van der Waals surface area contributed by atoms with Gasteiger partial charge in [0.1, 0.15) is 11.2 Å². The standard InChI is InChI=1S/C40H24N2O/c1-2-11-33-31(9-1)36-24-28(19-20-34(36)39-38(33)41-21-22-42-39)26-17-15-25(16-18-26)27-7-5-8-29(23-27)30-12-6-13-35-32-10-3-4-14-37(32)43-40(30)35/h1-24H. The molecule has 0 saturated heterocycles. The van der Waals surface area contributed by atoms with E-state index < -0.39 is 0 Å². The third-order valence-electron chi connectivity index (χ3n) is 8.57. The van der Waals surface area contributed by atoms with Crippen molar-refractivity contribution in [2.45, 2.75) is 0 Å². The lowest BCUT2D eigenvalue weighted by Gasteiger charge is -2.11. The lowest BCUT2D eigenvalue weighted by atomic mass is 9.94. The number of hydrogen-bond acceptors (Lipinski definition) is 3. The van der Waals surface area contributed by atoms with Crippen LogP contribution in [0.15, 0.2) is 150 Å². The predicted molar refractivity (Wildman–Crippen MR) is 178 cm³/mol. The largest absolute Gasteiger partial charge is 0.455 e. The van der Waals surface area contributed by atoms with Crippen LogP contribution in [0.3, 0.4) is 0 Å². The topological polar surface area (TPSA) is 38.9 Å². The van der Waals surface area contributed by atoms with E-state index in [1.54, 1.807) is 12.4 Å². The summed E-state index contributed by atoms with van der Waals surface area (Å²) < 4.78 is 6.32. The molecule has 0 N–H and O–H groups in total. The number of para-hydroxylation sites is 2. The van der Waals surface area contributed by atoms with Crippen LogP contribution in [0.4, 0.5) is 0 Å². The van der Waals surface area contributed by atoms with Gasteiger partial charge in [0.2, 0.25) is 0 Å². The third-order valence-corrected chi connectivity index (χ3v) is 8.57. The summed E-state index contributed by atoms with van der Waals surface area (Å²) in [5.74, 6) is 0. The smallest absolute Gasteiger partial charge is 0.143 e. The monoisotopic (exact) mass is 548 g/mol. The maximum Gasteiger partial charge on any atom is 0.143 e. The van der Waals surface area contributed by atoms with Crippen LogP contribution in [0, 0.1) is 0 Å². The number of benzene rings is 7. The lowest BCUT2D eigenvalue weighted by Crippen LogP contribution is -1.89. The summed E-state index contributed by atoms with van der Waals surface area (Å²) in [5, 5.41) is 6.93. The van der Waals surface area contributed by atoms with Crippen LogP contribution in [-0.2, 0) is 0 Å². The van der Waals surface area contributed by atoms with Crippen molar-refractivity contribution in [1.29, 1.82) is 0 Å². The number of fused-ring (bicyclic) bond motifs is 9. The second-order valence-corrected chi connectivity index (χ2v) is 11.0. The van der Waals surface area contributed by atoms with Gasteiger partial charge < -0.3 is 4.42 Å². The van der Waals surface area contributed by atoms with Crippen molar-refractivity contribution >= 4 is 54.5 Å². The first-order valence-electron chi connectivity index (χ1n) is 14.5. The van der Waals surface area contributed by atoms with Crippen LogP contribution in [-0.4, -0.2) is 9.97 Å². The van der Waals surface area contributed by atoms with E-state index in [1.165, 1.54) is 33.0 Å². The third kappa shape index (κ3) is 3.75. The fourth-order valence-corrected chi connectivity index (χ4v) is 6.51. The number of nitrogens with zero attached hydrogens (tertiary/aromatic N) is 2. The minimum absolute atomic E-state index is 0.916. The maximum atomic E-state index is 6.32. The summed E-state index contributed by atoms with van der Waals surface area (Å²) in [6, 6.07) is 47.3. The second-order valence-electron chi connectivity index (χ2n) is 11.0. The molecule has 0 spiro atoms. The molecule has 2 aromatic heterocycles. The molecule has 0 saturated carbocycles. The SMILES string of the molecule is c1cc(-c2ccc(-c3ccc4c(c3)c3ccccc3c3nccnc43)cc2)cc(-c2cccc3c2oc2ccccc23)c1. The summed E-state index contributed by atoms with van der Waals surface area (Å²) in [4.78, 5) is 9.36. The number of hydrogen-bond donors (Lipinski definition) is 0. The van der Waals surface area contributed by atoms with Crippen LogP contribution in [0.5, 0.6) is 0 Å². The second kappa shape index (κ2) is 9.37. The molecule has 3 nitrogen and oxygen atoms in total. The van der Waals surface area contributed by atoms with Crippen LogP contribution in [0.25, 0.3) is 87.9 Å². The van der Waals surface area contributed by atoms with Crippen molar-refractivity contribution in [2.75, 3.05) is 0 Å². The summed E-state index contributed by atoms with van der Waals surface area (Å²) in [6.07, 6.45) is 3.54. The van der Waals surface area contributed by atoms with Gasteiger partial charge in [-0.2, -0.15) is 0 Å².